The highest BCUT2D eigenvalue weighted by atomic mass is 14.8. The number of aryl methyl sites for hydroxylation is 2. The van der Waals surface area contributed by atoms with Gasteiger partial charge in [-0.2, -0.15) is 0 Å². The Morgan fingerprint density at radius 2 is 1.93 bits per heavy atom. The highest BCUT2D eigenvalue weighted by molar-refractivity contribution is 5.64. The van der Waals surface area contributed by atoms with Gasteiger partial charge in [0.2, 0.25) is 5.69 Å². The molecule has 0 amide bonds. The van der Waals surface area contributed by atoms with Crippen molar-refractivity contribution >= 4 is 5.69 Å². The van der Waals surface area contributed by atoms with Gasteiger partial charge in [-0.25, -0.2) is 4.85 Å². The summed E-state index contributed by atoms with van der Waals surface area (Å²) in [6.07, 6.45) is 4.96. The van der Waals surface area contributed by atoms with Gasteiger partial charge in [0.25, 0.3) is 0 Å². The minimum atomic E-state index is 0.444. The molecule has 1 spiro atoms. The Morgan fingerprint density at radius 3 is 2.53 bits per heavy atom. The lowest BCUT2D eigenvalue weighted by Crippen LogP contribution is -2.05. The summed E-state index contributed by atoms with van der Waals surface area (Å²) >= 11 is 0. The van der Waals surface area contributed by atoms with E-state index in [1.165, 1.54) is 36.1 Å². The molecule has 1 fully saturated rings. The zero-order valence-corrected chi connectivity index (χ0v) is 9.22. The molecule has 1 aromatic rings. The van der Waals surface area contributed by atoms with E-state index >= 15 is 0 Å². The molecule has 1 saturated carbocycles. The molecule has 15 heavy (non-hydrogen) atoms. The third-order valence-electron chi connectivity index (χ3n) is 3.98. The van der Waals surface area contributed by atoms with Crippen molar-refractivity contribution in [3.63, 3.8) is 0 Å². The lowest BCUT2D eigenvalue weighted by atomic mass is 9.96. The molecule has 1 aromatic heterocycles. The minimum Gasteiger partial charge on any atom is -0.270 e. The molecular formula is C13H14N2. The second-order valence-corrected chi connectivity index (χ2v) is 4.88. The molecule has 0 N–H and O–H groups in total. The zero-order valence-electron chi connectivity index (χ0n) is 9.22. The van der Waals surface area contributed by atoms with Crippen molar-refractivity contribution in [1.82, 2.24) is 4.98 Å². The van der Waals surface area contributed by atoms with E-state index in [1.54, 1.807) is 0 Å². The molecule has 0 aliphatic heterocycles. The molecule has 0 unspecified atom stereocenters. The molecule has 0 atom stereocenters. The average Bonchev–Trinajstić information content (AvgIpc) is 2.84. The summed E-state index contributed by atoms with van der Waals surface area (Å²) in [6.45, 7) is 11.3. The van der Waals surface area contributed by atoms with Gasteiger partial charge in [-0.3, -0.25) is 4.98 Å². The summed E-state index contributed by atoms with van der Waals surface area (Å²) in [5, 5.41) is 0. The largest absolute Gasteiger partial charge is 0.270 e. The monoisotopic (exact) mass is 198 g/mol. The van der Waals surface area contributed by atoms with Gasteiger partial charge in [-0.15, -0.1) is 0 Å². The van der Waals surface area contributed by atoms with Gasteiger partial charge in [0.1, 0.15) is 0 Å². The topological polar surface area (TPSA) is 17.2 Å². The van der Waals surface area contributed by atoms with Crippen LogP contribution in [0, 0.1) is 20.4 Å². The Morgan fingerprint density at radius 1 is 1.20 bits per heavy atom. The molecule has 2 aliphatic carbocycles. The molecular weight excluding hydrogens is 184 g/mol. The van der Waals surface area contributed by atoms with Gasteiger partial charge >= 0.3 is 0 Å². The number of rotatable bonds is 0. The maximum atomic E-state index is 7.26. The number of fused-ring (bicyclic) bond motifs is 2. The molecule has 2 nitrogen and oxygen atoms in total. The van der Waals surface area contributed by atoms with Crippen molar-refractivity contribution in [2.45, 2.75) is 44.9 Å². The fourth-order valence-electron chi connectivity index (χ4n) is 3.15. The smallest absolute Gasteiger partial charge is 0.211 e. The molecule has 0 bridgehead atoms. The number of hydrogen-bond donors (Lipinski definition) is 0. The molecule has 2 aliphatic rings. The van der Waals surface area contributed by atoms with Gasteiger partial charge in [0.05, 0.1) is 6.57 Å². The first-order valence-electron chi connectivity index (χ1n) is 5.56. The Hall–Kier alpha value is -1.36. The Balaban J connectivity index is 2.32. The van der Waals surface area contributed by atoms with Gasteiger partial charge < -0.3 is 0 Å². The van der Waals surface area contributed by atoms with Crippen LogP contribution >= 0.6 is 0 Å². The van der Waals surface area contributed by atoms with Crippen LogP contribution in [0.15, 0.2) is 0 Å². The number of nitrogens with zero attached hydrogens (tertiary/aromatic N) is 2. The fraction of sp³-hybridized carbons (Fsp3) is 0.538. The molecule has 3 rings (SSSR count). The van der Waals surface area contributed by atoms with E-state index in [1.807, 2.05) is 6.92 Å². The van der Waals surface area contributed by atoms with E-state index in [-0.39, 0.29) is 0 Å². The summed E-state index contributed by atoms with van der Waals surface area (Å²) in [7, 11) is 0. The predicted molar refractivity (Wildman–Crippen MR) is 59.2 cm³/mol. The number of aromatic nitrogens is 1. The first kappa shape index (κ1) is 8.91. The minimum absolute atomic E-state index is 0.444. The van der Waals surface area contributed by atoms with Gasteiger partial charge in [0, 0.05) is 11.4 Å². The van der Waals surface area contributed by atoms with Crippen LogP contribution in [-0.4, -0.2) is 4.98 Å². The molecule has 0 saturated heterocycles. The van der Waals surface area contributed by atoms with Crippen LogP contribution in [0.1, 0.15) is 41.8 Å². The molecule has 1 heterocycles. The predicted octanol–water partition coefficient (Wildman–Crippen LogP) is 3.23. The van der Waals surface area contributed by atoms with Crippen LogP contribution in [0.5, 0.6) is 0 Å². The summed E-state index contributed by atoms with van der Waals surface area (Å²) in [6, 6.07) is 0. The zero-order chi connectivity index (χ0) is 10.6. The van der Waals surface area contributed by atoms with Crippen LogP contribution in [0.4, 0.5) is 5.69 Å². The SMILES string of the molecule is [C-]#[N+]c1c(C)nc(C)c2c1CCC21CC1. The van der Waals surface area contributed by atoms with Crippen LogP contribution in [-0.2, 0) is 11.8 Å². The van der Waals surface area contributed by atoms with Crippen LogP contribution in [0.2, 0.25) is 0 Å². The third kappa shape index (κ3) is 1.01. The van der Waals surface area contributed by atoms with E-state index in [0.29, 0.717) is 5.41 Å². The molecule has 0 radical (unpaired) electrons. The first-order chi connectivity index (χ1) is 7.18. The Kier molecular flexibility index (Phi) is 1.55. The number of hydrogen-bond acceptors (Lipinski definition) is 1. The number of pyridine rings is 1. The van der Waals surface area contributed by atoms with E-state index in [2.05, 4.69) is 16.8 Å². The van der Waals surface area contributed by atoms with Crippen molar-refractivity contribution in [3.05, 3.63) is 33.9 Å². The lowest BCUT2D eigenvalue weighted by Gasteiger charge is -2.13. The standard InChI is InChI=1S/C13H14N2/c1-8-11-10(4-5-13(11)6-7-13)12(14-3)9(2)15-8/h4-7H2,1-2H3. The van der Waals surface area contributed by atoms with E-state index in [4.69, 9.17) is 6.57 Å². The van der Waals surface area contributed by atoms with E-state index in [0.717, 1.165) is 17.8 Å². The van der Waals surface area contributed by atoms with Crippen molar-refractivity contribution in [2.24, 2.45) is 0 Å². The first-order valence-corrected chi connectivity index (χ1v) is 5.56. The summed E-state index contributed by atoms with van der Waals surface area (Å²) in [5.41, 5.74) is 6.11. The fourth-order valence-corrected chi connectivity index (χ4v) is 3.15. The van der Waals surface area contributed by atoms with Gasteiger partial charge in [0.15, 0.2) is 0 Å². The van der Waals surface area contributed by atoms with Crippen molar-refractivity contribution in [2.75, 3.05) is 0 Å². The quantitative estimate of drug-likeness (QED) is 0.585. The molecule has 0 aromatic carbocycles. The lowest BCUT2D eigenvalue weighted by molar-refractivity contribution is 0.675. The van der Waals surface area contributed by atoms with Crippen molar-refractivity contribution in [3.8, 4) is 0 Å². The summed E-state index contributed by atoms with van der Waals surface area (Å²) < 4.78 is 0. The third-order valence-corrected chi connectivity index (χ3v) is 3.98. The van der Waals surface area contributed by atoms with Gasteiger partial charge in [-0.05, 0) is 56.1 Å². The normalized spacial score (nSPS) is 20.1. The van der Waals surface area contributed by atoms with Crippen LogP contribution < -0.4 is 0 Å². The maximum absolute atomic E-state index is 7.26. The molecule has 76 valence electrons. The van der Waals surface area contributed by atoms with Crippen molar-refractivity contribution in [1.29, 1.82) is 0 Å². The van der Waals surface area contributed by atoms with Crippen molar-refractivity contribution < 1.29 is 0 Å². The Labute approximate surface area is 90.2 Å². The summed E-state index contributed by atoms with van der Waals surface area (Å²) in [4.78, 5) is 8.20. The highest BCUT2D eigenvalue weighted by Gasteiger charge is 2.50. The van der Waals surface area contributed by atoms with Crippen LogP contribution in [0.3, 0.4) is 0 Å². The summed E-state index contributed by atoms with van der Waals surface area (Å²) in [5.74, 6) is 0. The second kappa shape index (κ2) is 2.61. The maximum Gasteiger partial charge on any atom is 0.211 e. The average molecular weight is 198 g/mol. The van der Waals surface area contributed by atoms with Crippen LogP contribution in [0.25, 0.3) is 4.85 Å². The molecule has 2 heteroatoms. The van der Waals surface area contributed by atoms with E-state index < -0.39 is 0 Å². The van der Waals surface area contributed by atoms with Gasteiger partial charge in [-0.1, -0.05) is 0 Å². The Bertz CT molecular complexity index is 490. The van der Waals surface area contributed by atoms with E-state index in [9.17, 15) is 0 Å². The second-order valence-electron chi connectivity index (χ2n) is 4.88. The highest BCUT2D eigenvalue weighted by Crippen LogP contribution is 2.59.